The van der Waals surface area contributed by atoms with E-state index in [1.807, 2.05) is 0 Å². The third-order valence-corrected chi connectivity index (χ3v) is 3.34. The number of benzene rings is 1. The number of nitrogens with zero attached hydrogens (tertiary/aromatic N) is 1. The fraction of sp³-hybridized carbons (Fsp3) is 0.467. The molecule has 0 N–H and O–H groups in total. The van der Waals surface area contributed by atoms with Gasteiger partial charge < -0.3 is 4.90 Å². The Morgan fingerprint density at radius 1 is 1.25 bits per heavy atom. The second kappa shape index (κ2) is 5.20. The summed E-state index contributed by atoms with van der Waals surface area (Å²) in [5.41, 5.74) is 4.55. The van der Waals surface area contributed by atoms with Crippen molar-refractivity contribution in [3.8, 4) is 0 Å². The molecule has 1 aromatic rings. The molecule has 0 radical (unpaired) electrons. The lowest BCUT2D eigenvalue weighted by Gasteiger charge is -2.32. The highest BCUT2D eigenvalue weighted by atomic mass is 15.1. The lowest BCUT2D eigenvalue weighted by atomic mass is 9.99. The van der Waals surface area contributed by atoms with Gasteiger partial charge in [-0.05, 0) is 30.4 Å². The van der Waals surface area contributed by atoms with Gasteiger partial charge in [-0.15, -0.1) is 0 Å². The fourth-order valence-electron chi connectivity index (χ4n) is 2.47. The van der Waals surface area contributed by atoms with Gasteiger partial charge in [0.25, 0.3) is 0 Å². The van der Waals surface area contributed by atoms with Crippen LogP contribution in [0.15, 0.2) is 36.0 Å². The van der Waals surface area contributed by atoms with Crippen LogP contribution in [0, 0.1) is 0 Å². The normalized spacial score (nSPS) is 16.1. The van der Waals surface area contributed by atoms with Crippen LogP contribution in [-0.4, -0.2) is 11.4 Å². The number of hydrogen-bond acceptors (Lipinski definition) is 1. The zero-order chi connectivity index (χ0) is 11.4. The Hall–Kier alpha value is -1.24. The molecule has 86 valence electrons. The average molecular weight is 215 g/mol. The van der Waals surface area contributed by atoms with Gasteiger partial charge in [-0.25, -0.2) is 0 Å². The monoisotopic (exact) mass is 215 g/mol. The van der Waals surface area contributed by atoms with Gasteiger partial charge in [-0.2, -0.15) is 0 Å². The molecule has 0 bridgehead atoms. The van der Waals surface area contributed by atoms with E-state index in [9.17, 15) is 0 Å². The Morgan fingerprint density at radius 3 is 2.69 bits per heavy atom. The molecule has 1 heterocycles. The molecule has 0 amide bonds. The van der Waals surface area contributed by atoms with Crippen molar-refractivity contribution >= 4 is 0 Å². The van der Waals surface area contributed by atoms with E-state index in [1.54, 1.807) is 0 Å². The lowest BCUT2D eigenvalue weighted by Crippen LogP contribution is -2.29. The zero-order valence-corrected chi connectivity index (χ0v) is 10.4. The molecule has 1 heteroatoms. The second-order valence-corrected chi connectivity index (χ2v) is 4.40. The molecule has 1 aromatic carbocycles. The topological polar surface area (TPSA) is 3.24 Å². The van der Waals surface area contributed by atoms with E-state index >= 15 is 0 Å². The Labute approximate surface area is 98.8 Å². The van der Waals surface area contributed by atoms with E-state index in [0.29, 0.717) is 0 Å². The third-order valence-electron chi connectivity index (χ3n) is 3.34. The molecule has 1 aliphatic heterocycles. The maximum atomic E-state index is 2.53. The van der Waals surface area contributed by atoms with E-state index < -0.39 is 0 Å². The Bertz CT molecular complexity index is 379. The van der Waals surface area contributed by atoms with Gasteiger partial charge in [-0.1, -0.05) is 44.2 Å². The van der Waals surface area contributed by atoms with Crippen LogP contribution in [-0.2, 0) is 13.0 Å². The van der Waals surface area contributed by atoms with Crippen molar-refractivity contribution in [1.29, 1.82) is 0 Å². The smallest absolute Gasteiger partial charge is 0.0429 e. The van der Waals surface area contributed by atoms with Gasteiger partial charge in [0.05, 0.1) is 0 Å². The van der Waals surface area contributed by atoms with Crippen molar-refractivity contribution in [2.75, 3.05) is 6.54 Å². The maximum Gasteiger partial charge on any atom is 0.0429 e. The van der Waals surface area contributed by atoms with Crippen LogP contribution < -0.4 is 0 Å². The largest absolute Gasteiger partial charge is 0.370 e. The van der Waals surface area contributed by atoms with Crippen molar-refractivity contribution in [2.24, 2.45) is 0 Å². The minimum absolute atomic E-state index is 1.09. The number of fused-ring (bicyclic) bond motifs is 1. The van der Waals surface area contributed by atoms with Crippen molar-refractivity contribution in [1.82, 2.24) is 4.90 Å². The highest BCUT2D eigenvalue weighted by Gasteiger charge is 2.16. The Kier molecular flexibility index (Phi) is 3.66. The first-order valence-electron chi connectivity index (χ1n) is 6.36. The van der Waals surface area contributed by atoms with Crippen LogP contribution in [0.2, 0.25) is 0 Å². The van der Waals surface area contributed by atoms with E-state index in [0.717, 1.165) is 19.4 Å². The molecule has 0 saturated heterocycles. The third kappa shape index (κ3) is 2.29. The molecule has 0 fully saturated rings. The summed E-state index contributed by atoms with van der Waals surface area (Å²) in [5, 5.41) is 0. The predicted octanol–water partition coefficient (Wildman–Crippen LogP) is 3.75. The molecular weight excluding hydrogens is 194 g/mol. The van der Waals surface area contributed by atoms with Crippen LogP contribution in [0.4, 0.5) is 0 Å². The van der Waals surface area contributed by atoms with Gasteiger partial charge in [0.15, 0.2) is 0 Å². The Morgan fingerprint density at radius 2 is 2.00 bits per heavy atom. The number of hydrogen-bond donors (Lipinski definition) is 0. The molecule has 0 spiro atoms. The van der Waals surface area contributed by atoms with Gasteiger partial charge in [0.1, 0.15) is 0 Å². The van der Waals surface area contributed by atoms with Crippen molar-refractivity contribution in [2.45, 2.75) is 39.7 Å². The summed E-state index contributed by atoms with van der Waals surface area (Å²) >= 11 is 0. The van der Waals surface area contributed by atoms with Crippen molar-refractivity contribution in [3.63, 3.8) is 0 Å². The highest BCUT2D eigenvalue weighted by Crippen LogP contribution is 2.23. The van der Waals surface area contributed by atoms with Crippen LogP contribution in [0.25, 0.3) is 0 Å². The van der Waals surface area contributed by atoms with E-state index in [4.69, 9.17) is 0 Å². The predicted molar refractivity (Wildman–Crippen MR) is 69.2 cm³/mol. The SMILES string of the molecule is CC/C=C(\CC)N1CCc2ccccc2C1. The van der Waals surface area contributed by atoms with Crippen LogP contribution in [0.1, 0.15) is 37.8 Å². The van der Waals surface area contributed by atoms with Gasteiger partial charge in [-0.3, -0.25) is 0 Å². The molecule has 0 saturated carbocycles. The van der Waals surface area contributed by atoms with Gasteiger partial charge in [0.2, 0.25) is 0 Å². The number of allylic oxidation sites excluding steroid dienone is 2. The molecule has 2 rings (SSSR count). The summed E-state index contributed by atoms with van der Waals surface area (Å²) < 4.78 is 0. The van der Waals surface area contributed by atoms with Crippen molar-refractivity contribution < 1.29 is 0 Å². The lowest BCUT2D eigenvalue weighted by molar-refractivity contribution is 0.312. The zero-order valence-electron chi connectivity index (χ0n) is 10.4. The molecular formula is C15H21N. The first kappa shape index (κ1) is 11.3. The maximum absolute atomic E-state index is 2.53. The van der Waals surface area contributed by atoms with Crippen molar-refractivity contribution in [3.05, 3.63) is 47.2 Å². The summed E-state index contributed by atoms with van der Waals surface area (Å²) in [4.78, 5) is 2.53. The molecule has 16 heavy (non-hydrogen) atoms. The molecule has 1 nitrogen and oxygen atoms in total. The summed E-state index contributed by atoms with van der Waals surface area (Å²) in [6, 6.07) is 8.83. The molecule has 0 aromatic heterocycles. The van der Waals surface area contributed by atoms with Gasteiger partial charge in [0, 0.05) is 18.8 Å². The van der Waals surface area contributed by atoms with E-state index in [1.165, 1.54) is 29.8 Å². The summed E-state index contributed by atoms with van der Waals surface area (Å²) in [5.74, 6) is 0. The molecule has 0 aliphatic carbocycles. The fourth-order valence-corrected chi connectivity index (χ4v) is 2.47. The highest BCUT2D eigenvalue weighted by molar-refractivity contribution is 5.30. The molecule has 0 atom stereocenters. The quantitative estimate of drug-likeness (QED) is 0.742. The van der Waals surface area contributed by atoms with E-state index in [2.05, 4.69) is 49.1 Å². The second-order valence-electron chi connectivity index (χ2n) is 4.40. The number of rotatable bonds is 3. The van der Waals surface area contributed by atoms with Crippen LogP contribution in [0.5, 0.6) is 0 Å². The minimum Gasteiger partial charge on any atom is -0.370 e. The van der Waals surface area contributed by atoms with Crippen LogP contribution >= 0.6 is 0 Å². The molecule has 1 aliphatic rings. The van der Waals surface area contributed by atoms with Gasteiger partial charge >= 0.3 is 0 Å². The van der Waals surface area contributed by atoms with Crippen LogP contribution in [0.3, 0.4) is 0 Å². The minimum atomic E-state index is 1.09. The summed E-state index contributed by atoms with van der Waals surface area (Å²) in [7, 11) is 0. The summed E-state index contributed by atoms with van der Waals surface area (Å²) in [6.45, 7) is 6.74. The molecule has 0 unspecified atom stereocenters. The first-order chi connectivity index (χ1) is 7.85. The van der Waals surface area contributed by atoms with E-state index in [-0.39, 0.29) is 0 Å². The Balaban J connectivity index is 2.16. The summed E-state index contributed by atoms with van der Waals surface area (Å²) in [6.07, 6.45) is 5.85. The standard InChI is InChI=1S/C15H21N/c1-3-7-15(4-2)16-11-10-13-8-5-6-9-14(13)12-16/h5-9H,3-4,10-12H2,1-2H3/b15-7+. The average Bonchev–Trinajstić information content (AvgIpc) is 2.35. The first-order valence-corrected chi connectivity index (χ1v) is 6.36.